The van der Waals surface area contributed by atoms with Crippen LogP contribution in [0.5, 0.6) is 11.5 Å². The van der Waals surface area contributed by atoms with Gasteiger partial charge in [-0.25, -0.2) is 9.78 Å². The third-order valence-corrected chi connectivity index (χ3v) is 7.42. The maximum Gasteiger partial charge on any atom is 0.328 e. The van der Waals surface area contributed by atoms with Crippen LogP contribution < -0.4 is 4.74 Å². The van der Waals surface area contributed by atoms with E-state index in [-0.39, 0.29) is 17.7 Å². The number of methoxy groups -OCH3 is 1. The number of benzene rings is 2. The van der Waals surface area contributed by atoms with Crippen LogP contribution in [0.1, 0.15) is 36.2 Å². The molecule has 0 spiro atoms. The summed E-state index contributed by atoms with van der Waals surface area (Å²) in [5.41, 5.74) is 2.42. The molecule has 4 aromatic rings. The molecule has 2 aromatic heterocycles. The highest BCUT2D eigenvalue weighted by Gasteiger charge is 2.60. The maximum absolute atomic E-state index is 13.9. The molecule has 9 nitrogen and oxygen atoms in total. The van der Waals surface area contributed by atoms with E-state index < -0.39 is 11.6 Å². The summed E-state index contributed by atoms with van der Waals surface area (Å²) in [4.78, 5) is 38.3. The number of imide groups is 1. The summed E-state index contributed by atoms with van der Waals surface area (Å²) in [5.74, 6) is 0.626. The number of phenolic OH excluding ortho intramolecular Hbond substituents is 1. The predicted octanol–water partition coefficient (Wildman–Crippen LogP) is 3.84. The third kappa shape index (κ3) is 3.26. The maximum atomic E-state index is 13.9. The van der Waals surface area contributed by atoms with Crippen LogP contribution in [0.15, 0.2) is 61.2 Å². The van der Waals surface area contributed by atoms with Gasteiger partial charge in [-0.3, -0.25) is 14.6 Å². The minimum absolute atomic E-state index is 0.106. The lowest BCUT2D eigenvalue weighted by Gasteiger charge is -2.42. The number of rotatable bonds is 6. The molecular formula is C27H27N5O4. The summed E-state index contributed by atoms with van der Waals surface area (Å²) in [6, 6.07) is 11.8. The molecule has 2 aliphatic heterocycles. The monoisotopic (exact) mass is 485 g/mol. The lowest BCUT2D eigenvalue weighted by Crippen LogP contribution is -2.53. The number of aromatic nitrogens is 3. The van der Waals surface area contributed by atoms with E-state index in [9.17, 15) is 14.7 Å². The molecule has 0 unspecified atom stereocenters. The molecule has 1 fully saturated rings. The van der Waals surface area contributed by atoms with Gasteiger partial charge >= 0.3 is 6.03 Å². The van der Waals surface area contributed by atoms with Crippen molar-refractivity contribution in [2.75, 3.05) is 13.7 Å². The van der Waals surface area contributed by atoms with Gasteiger partial charge in [-0.05, 0) is 54.8 Å². The summed E-state index contributed by atoms with van der Waals surface area (Å²) in [6.45, 7) is 2.82. The molecule has 0 aliphatic carbocycles. The minimum atomic E-state index is -1.06. The molecule has 3 amide bonds. The van der Waals surface area contributed by atoms with Crippen LogP contribution in [0.25, 0.3) is 10.9 Å². The van der Waals surface area contributed by atoms with Crippen molar-refractivity contribution in [2.24, 2.45) is 0 Å². The Hall–Kier alpha value is -4.27. The van der Waals surface area contributed by atoms with Gasteiger partial charge in [-0.15, -0.1) is 0 Å². The second kappa shape index (κ2) is 8.15. The molecule has 1 saturated heterocycles. The number of amides is 3. The number of aromatic amines is 1. The van der Waals surface area contributed by atoms with E-state index in [1.165, 1.54) is 4.90 Å². The summed E-state index contributed by atoms with van der Waals surface area (Å²) in [6.07, 6.45) is 6.30. The van der Waals surface area contributed by atoms with Crippen LogP contribution in [-0.4, -0.2) is 60.6 Å². The van der Waals surface area contributed by atoms with Crippen molar-refractivity contribution < 1.29 is 19.4 Å². The number of aryl methyl sites for hydroxylation is 1. The first-order chi connectivity index (χ1) is 17.4. The van der Waals surface area contributed by atoms with Crippen molar-refractivity contribution >= 4 is 22.8 Å². The molecule has 2 N–H and O–H groups in total. The number of nitrogens with zero attached hydrogens (tertiary/aromatic N) is 4. The first kappa shape index (κ1) is 22.2. The van der Waals surface area contributed by atoms with E-state index >= 15 is 0 Å². The largest absolute Gasteiger partial charge is 0.508 e. The number of carbonyl (C=O) groups is 2. The molecule has 4 heterocycles. The van der Waals surface area contributed by atoms with Crippen LogP contribution in [0, 0.1) is 0 Å². The van der Waals surface area contributed by atoms with Gasteiger partial charge in [0.15, 0.2) is 0 Å². The van der Waals surface area contributed by atoms with E-state index in [4.69, 9.17) is 4.74 Å². The Morgan fingerprint density at radius 2 is 2.06 bits per heavy atom. The normalized spacial score (nSPS) is 21.2. The number of hydrogen-bond donors (Lipinski definition) is 2. The fraction of sp³-hybridized carbons (Fsp3) is 0.296. The number of hydrogen-bond acceptors (Lipinski definition) is 5. The first-order valence-corrected chi connectivity index (χ1v) is 12.0. The molecule has 0 radical (unpaired) electrons. The van der Waals surface area contributed by atoms with Gasteiger partial charge < -0.3 is 19.4 Å². The van der Waals surface area contributed by atoms with Gasteiger partial charge in [0.25, 0.3) is 5.91 Å². The Kier molecular flexibility index (Phi) is 5.03. The molecule has 0 bridgehead atoms. The van der Waals surface area contributed by atoms with Gasteiger partial charge in [0.1, 0.15) is 23.1 Å². The number of carbonyl (C=O) groups excluding carboxylic acids is 2. The van der Waals surface area contributed by atoms with Crippen molar-refractivity contribution in [3.63, 3.8) is 0 Å². The number of nitrogens with one attached hydrogen (secondary N) is 1. The van der Waals surface area contributed by atoms with Crippen LogP contribution in [0.3, 0.4) is 0 Å². The topological polar surface area (TPSA) is 104 Å². The number of urea groups is 1. The SMILES string of the molecule is COc1ccc2[nH]c3c(c2c1)C[C@@]1(C)C(=O)N(CCCn2ccnc2)C(=O)N1[C@@H]3c1cccc(O)c1. The number of phenols is 1. The molecule has 36 heavy (non-hydrogen) atoms. The smallest absolute Gasteiger partial charge is 0.328 e. The minimum Gasteiger partial charge on any atom is -0.508 e. The van der Waals surface area contributed by atoms with Gasteiger partial charge in [0.05, 0.1) is 13.4 Å². The van der Waals surface area contributed by atoms with Crippen molar-refractivity contribution in [1.82, 2.24) is 24.3 Å². The van der Waals surface area contributed by atoms with Crippen molar-refractivity contribution in [3.8, 4) is 11.5 Å². The Balaban J connectivity index is 1.45. The van der Waals surface area contributed by atoms with E-state index in [0.717, 1.165) is 33.5 Å². The highest BCUT2D eigenvalue weighted by Crippen LogP contribution is 2.49. The Labute approximate surface area is 207 Å². The summed E-state index contributed by atoms with van der Waals surface area (Å²) in [5, 5.41) is 11.2. The summed E-state index contributed by atoms with van der Waals surface area (Å²) >= 11 is 0. The molecule has 184 valence electrons. The second-order valence-electron chi connectivity index (χ2n) is 9.64. The van der Waals surface area contributed by atoms with Crippen molar-refractivity contribution in [1.29, 1.82) is 0 Å². The fourth-order valence-corrected chi connectivity index (χ4v) is 5.69. The molecule has 6 rings (SSSR count). The van der Waals surface area contributed by atoms with E-state index in [0.29, 0.717) is 25.9 Å². The average Bonchev–Trinajstić information content (AvgIpc) is 3.56. The molecule has 0 saturated carbocycles. The zero-order valence-corrected chi connectivity index (χ0v) is 20.1. The van der Waals surface area contributed by atoms with Crippen LogP contribution in [0.4, 0.5) is 4.79 Å². The quantitative estimate of drug-likeness (QED) is 0.404. The second-order valence-corrected chi connectivity index (χ2v) is 9.64. The van der Waals surface area contributed by atoms with Gasteiger partial charge in [-0.2, -0.15) is 0 Å². The molecule has 2 aliphatic rings. The summed E-state index contributed by atoms with van der Waals surface area (Å²) in [7, 11) is 1.62. The Bertz CT molecular complexity index is 1480. The van der Waals surface area contributed by atoms with Gasteiger partial charge in [-0.1, -0.05) is 12.1 Å². The predicted molar refractivity (Wildman–Crippen MR) is 133 cm³/mol. The number of aromatic hydroxyl groups is 1. The van der Waals surface area contributed by atoms with E-state index in [1.807, 2.05) is 42.0 Å². The highest BCUT2D eigenvalue weighted by atomic mass is 16.5. The zero-order chi connectivity index (χ0) is 25.0. The van der Waals surface area contributed by atoms with Gasteiger partial charge in [0.2, 0.25) is 0 Å². The fourth-order valence-electron chi connectivity index (χ4n) is 5.69. The van der Waals surface area contributed by atoms with E-state index in [1.54, 1.807) is 42.7 Å². The zero-order valence-electron chi connectivity index (χ0n) is 20.1. The molecule has 2 aromatic carbocycles. The van der Waals surface area contributed by atoms with Crippen LogP contribution >= 0.6 is 0 Å². The lowest BCUT2D eigenvalue weighted by molar-refractivity contribution is -0.133. The third-order valence-electron chi connectivity index (χ3n) is 7.42. The van der Waals surface area contributed by atoms with Crippen molar-refractivity contribution in [2.45, 2.75) is 37.9 Å². The van der Waals surface area contributed by atoms with E-state index in [2.05, 4.69) is 9.97 Å². The van der Waals surface area contributed by atoms with Gasteiger partial charge in [0, 0.05) is 48.5 Å². The number of fused-ring (bicyclic) bond motifs is 4. The lowest BCUT2D eigenvalue weighted by atomic mass is 9.81. The van der Waals surface area contributed by atoms with Crippen molar-refractivity contribution in [3.05, 3.63) is 78.0 Å². The van der Waals surface area contributed by atoms with Crippen LogP contribution in [0.2, 0.25) is 0 Å². The number of imidazole rings is 1. The number of ether oxygens (including phenoxy) is 1. The van der Waals surface area contributed by atoms with Crippen LogP contribution in [-0.2, 0) is 17.8 Å². The molecular weight excluding hydrogens is 458 g/mol. The standard InChI is InChI=1S/C27H27N5O4/c1-27-15-21-20-14-19(36-2)7-8-22(20)29-23(21)24(17-5-3-6-18(33)13-17)32(27)26(35)31(25(27)34)11-4-10-30-12-9-28-16-30/h3,5-9,12-14,16,24,29,33H,4,10-11,15H2,1-2H3/t24-,27+/m1/s1. The molecule has 9 heteroatoms. The first-order valence-electron chi connectivity index (χ1n) is 12.0. The molecule has 2 atom stereocenters. The highest BCUT2D eigenvalue weighted by molar-refractivity contribution is 6.08. The summed E-state index contributed by atoms with van der Waals surface area (Å²) < 4.78 is 7.39. The Morgan fingerprint density at radius 3 is 2.81 bits per heavy atom. The number of H-pyrrole nitrogens is 1. The Morgan fingerprint density at radius 1 is 1.19 bits per heavy atom. The average molecular weight is 486 g/mol.